The number of rotatable bonds is 3. The minimum absolute atomic E-state index is 0.0224. The quantitative estimate of drug-likeness (QED) is 0.721. The highest BCUT2D eigenvalue weighted by Crippen LogP contribution is 2.39. The number of anilines is 1. The summed E-state index contributed by atoms with van der Waals surface area (Å²) in [5.41, 5.74) is 0.801. The number of amides is 1. The highest BCUT2D eigenvalue weighted by atomic mass is 79.9. The van der Waals surface area contributed by atoms with Gasteiger partial charge >= 0.3 is 5.97 Å². The number of ether oxygens (including phenoxy) is 1. The first-order valence-electron chi connectivity index (χ1n) is 6.38. The Balaban J connectivity index is 2.31. The molecule has 1 unspecified atom stereocenters. The number of hydrogen-bond acceptors (Lipinski definition) is 5. The third-order valence-corrected chi connectivity index (χ3v) is 5.00. The average Bonchev–Trinajstić information content (AvgIpc) is 2.76. The van der Waals surface area contributed by atoms with Crippen LogP contribution in [0.15, 0.2) is 16.6 Å². The summed E-state index contributed by atoms with van der Waals surface area (Å²) in [6, 6.07) is 3.03. The van der Waals surface area contributed by atoms with Gasteiger partial charge in [-0.05, 0) is 28.1 Å². The van der Waals surface area contributed by atoms with E-state index < -0.39 is 5.97 Å². The van der Waals surface area contributed by atoms with Gasteiger partial charge in [0, 0.05) is 29.6 Å². The van der Waals surface area contributed by atoms with Crippen LogP contribution in [-0.4, -0.2) is 35.9 Å². The smallest absolute Gasteiger partial charge is 0.337 e. The maximum Gasteiger partial charge on any atom is 0.337 e. The monoisotopic (exact) mass is 405 g/mol. The molecule has 1 aliphatic heterocycles. The van der Waals surface area contributed by atoms with E-state index in [-0.39, 0.29) is 27.7 Å². The normalized spacial score (nSPS) is 17.7. The Labute approximate surface area is 145 Å². The van der Waals surface area contributed by atoms with Crippen molar-refractivity contribution in [3.63, 3.8) is 0 Å². The van der Waals surface area contributed by atoms with Crippen LogP contribution in [0, 0.1) is 0 Å². The molecule has 1 aromatic carbocycles. The van der Waals surface area contributed by atoms with Crippen molar-refractivity contribution in [1.29, 1.82) is 0 Å². The van der Waals surface area contributed by atoms with Crippen LogP contribution >= 0.6 is 39.3 Å². The summed E-state index contributed by atoms with van der Waals surface area (Å²) < 4.78 is 5.18. The lowest BCUT2D eigenvalue weighted by Crippen LogP contribution is -2.26. The zero-order chi connectivity index (χ0) is 16.4. The van der Waals surface area contributed by atoms with Gasteiger partial charge in [0.2, 0.25) is 5.91 Å². The molecule has 0 spiro atoms. The second kappa shape index (κ2) is 7.02. The van der Waals surface area contributed by atoms with E-state index in [1.54, 1.807) is 6.07 Å². The van der Waals surface area contributed by atoms with Gasteiger partial charge in [-0.2, -0.15) is 0 Å². The summed E-state index contributed by atoms with van der Waals surface area (Å²) in [7, 11) is 1.28. The van der Waals surface area contributed by atoms with E-state index in [1.807, 2.05) is 0 Å². The molecular weight excluding hydrogens is 394 g/mol. The first kappa shape index (κ1) is 17.3. The number of esters is 1. The SMILES string of the molecule is COC(=O)c1cc(Cl)c(N2CC(SC(C)=O)CC2=O)c(Br)c1. The lowest BCUT2D eigenvalue weighted by molar-refractivity contribution is -0.117. The van der Waals surface area contributed by atoms with E-state index in [0.29, 0.717) is 22.3 Å². The van der Waals surface area contributed by atoms with E-state index in [9.17, 15) is 14.4 Å². The topological polar surface area (TPSA) is 63.7 Å². The van der Waals surface area contributed by atoms with Gasteiger partial charge in [-0.1, -0.05) is 23.4 Å². The molecule has 8 heteroatoms. The lowest BCUT2D eigenvalue weighted by Gasteiger charge is -2.20. The summed E-state index contributed by atoms with van der Waals surface area (Å²) in [6.07, 6.45) is 0.284. The number of methoxy groups -OCH3 is 1. The number of carbonyl (C=O) groups excluding carboxylic acids is 3. The van der Waals surface area contributed by atoms with Crippen molar-refractivity contribution in [3.05, 3.63) is 27.2 Å². The van der Waals surface area contributed by atoms with E-state index in [1.165, 1.54) is 25.0 Å². The van der Waals surface area contributed by atoms with Crippen molar-refractivity contribution in [2.75, 3.05) is 18.6 Å². The van der Waals surface area contributed by atoms with Crippen molar-refractivity contribution in [3.8, 4) is 0 Å². The van der Waals surface area contributed by atoms with Gasteiger partial charge in [0.05, 0.1) is 23.4 Å². The van der Waals surface area contributed by atoms with E-state index in [2.05, 4.69) is 20.7 Å². The van der Waals surface area contributed by atoms with Crippen molar-refractivity contribution < 1.29 is 19.1 Å². The Morgan fingerprint density at radius 1 is 1.45 bits per heavy atom. The maximum absolute atomic E-state index is 12.2. The third-order valence-electron chi connectivity index (χ3n) is 3.13. The Hall–Kier alpha value is -1.05. The molecule has 1 atom stereocenters. The number of carbonyl (C=O) groups is 3. The van der Waals surface area contributed by atoms with Crippen molar-refractivity contribution in [2.45, 2.75) is 18.6 Å². The molecule has 1 fully saturated rings. The number of halogens is 2. The molecular formula is C14H13BrClNO4S. The van der Waals surface area contributed by atoms with Crippen LogP contribution in [0.2, 0.25) is 5.02 Å². The number of benzene rings is 1. The maximum atomic E-state index is 12.2. The minimum Gasteiger partial charge on any atom is -0.465 e. The van der Waals surface area contributed by atoms with Gasteiger partial charge in [0.1, 0.15) is 0 Å². The Kier molecular flexibility index (Phi) is 5.52. The second-order valence-corrected chi connectivity index (χ2v) is 7.46. The zero-order valence-electron chi connectivity index (χ0n) is 11.9. The molecule has 22 heavy (non-hydrogen) atoms. The average molecular weight is 407 g/mol. The van der Waals surface area contributed by atoms with Crippen LogP contribution < -0.4 is 4.90 Å². The van der Waals surface area contributed by atoms with E-state index in [4.69, 9.17) is 11.6 Å². The van der Waals surface area contributed by atoms with E-state index >= 15 is 0 Å². The largest absolute Gasteiger partial charge is 0.465 e. The van der Waals surface area contributed by atoms with Gasteiger partial charge in [-0.25, -0.2) is 4.79 Å². The van der Waals surface area contributed by atoms with Gasteiger partial charge in [-0.15, -0.1) is 0 Å². The Morgan fingerprint density at radius 2 is 2.14 bits per heavy atom. The molecule has 0 aliphatic carbocycles. The molecule has 118 valence electrons. The summed E-state index contributed by atoms with van der Waals surface area (Å²) in [6.45, 7) is 1.88. The molecule has 0 aromatic heterocycles. The fourth-order valence-electron chi connectivity index (χ4n) is 2.26. The Morgan fingerprint density at radius 3 is 2.68 bits per heavy atom. The molecule has 0 radical (unpaired) electrons. The fourth-order valence-corrected chi connectivity index (χ4v) is 4.29. The predicted molar refractivity (Wildman–Crippen MR) is 89.5 cm³/mol. The number of nitrogens with zero attached hydrogens (tertiary/aromatic N) is 1. The standard InChI is InChI=1S/C14H13BrClNO4S/c1-7(18)22-9-5-12(19)17(6-9)13-10(15)3-8(4-11(13)16)14(20)21-2/h3-4,9H,5-6H2,1-2H3. The molecule has 0 N–H and O–H groups in total. The van der Waals surface area contributed by atoms with Gasteiger partial charge in [0.15, 0.2) is 5.12 Å². The van der Waals surface area contributed by atoms with Gasteiger partial charge < -0.3 is 9.64 Å². The van der Waals surface area contributed by atoms with Gasteiger partial charge in [0.25, 0.3) is 0 Å². The second-order valence-electron chi connectivity index (χ2n) is 4.72. The zero-order valence-corrected chi connectivity index (χ0v) is 15.0. The number of hydrogen-bond donors (Lipinski definition) is 0. The molecule has 0 bridgehead atoms. The third kappa shape index (κ3) is 3.64. The molecule has 1 saturated heterocycles. The highest BCUT2D eigenvalue weighted by Gasteiger charge is 2.34. The Bertz CT molecular complexity index is 629. The molecule has 1 heterocycles. The van der Waals surface area contributed by atoms with Crippen LogP contribution in [-0.2, 0) is 14.3 Å². The molecule has 2 rings (SSSR count). The molecule has 0 saturated carbocycles. The van der Waals surface area contributed by atoms with Crippen molar-refractivity contribution in [2.24, 2.45) is 0 Å². The highest BCUT2D eigenvalue weighted by molar-refractivity contribution is 9.10. The molecule has 5 nitrogen and oxygen atoms in total. The van der Waals surface area contributed by atoms with Crippen LogP contribution in [0.25, 0.3) is 0 Å². The molecule has 1 aromatic rings. The number of thioether (sulfide) groups is 1. The minimum atomic E-state index is -0.507. The predicted octanol–water partition coefficient (Wildman–Crippen LogP) is 3.27. The molecule has 1 aliphatic rings. The van der Waals surface area contributed by atoms with Crippen molar-refractivity contribution in [1.82, 2.24) is 0 Å². The van der Waals surface area contributed by atoms with Gasteiger partial charge in [-0.3, -0.25) is 9.59 Å². The first-order chi connectivity index (χ1) is 10.3. The van der Waals surface area contributed by atoms with Crippen LogP contribution in [0.3, 0.4) is 0 Å². The first-order valence-corrected chi connectivity index (χ1v) is 8.43. The summed E-state index contributed by atoms with van der Waals surface area (Å²) in [4.78, 5) is 36.5. The summed E-state index contributed by atoms with van der Waals surface area (Å²) in [5, 5.41) is 0.163. The fraction of sp³-hybridized carbons (Fsp3) is 0.357. The van der Waals surface area contributed by atoms with Crippen LogP contribution in [0.5, 0.6) is 0 Å². The lowest BCUT2D eigenvalue weighted by atomic mass is 10.2. The summed E-state index contributed by atoms with van der Waals surface area (Å²) >= 11 is 10.7. The van der Waals surface area contributed by atoms with Crippen LogP contribution in [0.4, 0.5) is 5.69 Å². The molecule has 1 amide bonds. The summed E-state index contributed by atoms with van der Waals surface area (Å²) in [5.74, 6) is -0.612. The van der Waals surface area contributed by atoms with Crippen molar-refractivity contribution >= 4 is 62.0 Å². The van der Waals surface area contributed by atoms with Crippen LogP contribution in [0.1, 0.15) is 23.7 Å². The van der Waals surface area contributed by atoms with E-state index in [0.717, 1.165) is 11.8 Å².